The van der Waals surface area contributed by atoms with Gasteiger partial charge in [0.05, 0.1) is 12.6 Å². The molecular weight excluding hydrogens is 394 g/mol. The van der Waals surface area contributed by atoms with Gasteiger partial charge >= 0.3 is 6.09 Å². The number of nitrogens with zero attached hydrogens (tertiary/aromatic N) is 2. The Bertz CT molecular complexity index is 846. The van der Waals surface area contributed by atoms with Gasteiger partial charge in [-0.3, -0.25) is 5.32 Å². The summed E-state index contributed by atoms with van der Waals surface area (Å²) in [6.07, 6.45) is 3.35. The van der Waals surface area contributed by atoms with E-state index in [4.69, 9.17) is 9.16 Å². The minimum Gasteiger partial charge on any atom is -0.444 e. The van der Waals surface area contributed by atoms with Crippen molar-refractivity contribution in [2.24, 2.45) is 0 Å². The summed E-state index contributed by atoms with van der Waals surface area (Å²) in [5, 5.41) is 2.93. The molecule has 30 heavy (non-hydrogen) atoms. The number of carbonyl (C=O) groups excluding carboxylic acids is 1. The topological polar surface area (TPSA) is 65.4 Å². The molecule has 0 aliphatic heterocycles. The van der Waals surface area contributed by atoms with E-state index in [-0.39, 0.29) is 11.1 Å². The summed E-state index contributed by atoms with van der Waals surface area (Å²) in [5.41, 5.74) is 1.30. The number of nitrogens with one attached hydrogen (secondary N) is 1. The molecule has 1 aromatic carbocycles. The lowest BCUT2D eigenvalue weighted by Gasteiger charge is -2.36. The second kappa shape index (κ2) is 8.94. The third-order valence-corrected chi connectivity index (χ3v) is 10.1. The number of carbonyl (C=O) groups is 1. The fraction of sp³-hybridized carbons (Fsp3) is 0.565. The molecule has 1 amide bonds. The van der Waals surface area contributed by atoms with Crippen molar-refractivity contribution in [3.05, 3.63) is 48.0 Å². The Kier molecular flexibility index (Phi) is 7.19. The van der Waals surface area contributed by atoms with Crippen LogP contribution in [0.5, 0.6) is 0 Å². The number of ether oxygens (including phenoxy) is 1. The Hall–Kier alpha value is -2.12. The third-order valence-electron chi connectivity index (χ3n) is 5.57. The molecule has 2 aromatic rings. The predicted octanol–water partition coefficient (Wildman–Crippen LogP) is 6.36. The van der Waals surface area contributed by atoms with Gasteiger partial charge in [-0.15, -0.1) is 0 Å². The second-order valence-corrected chi connectivity index (χ2v) is 15.0. The molecule has 2 rings (SSSR count). The first-order chi connectivity index (χ1) is 13.7. The smallest absolute Gasteiger partial charge is 0.412 e. The molecule has 0 aliphatic carbocycles. The van der Waals surface area contributed by atoms with Crippen LogP contribution in [0.4, 0.5) is 10.5 Å². The molecule has 1 unspecified atom stereocenters. The van der Waals surface area contributed by atoms with Crippen molar-refractivity contribution in [1.82, 2.24) is 9.55 Å². The van der Waals surface area contributed by atoms with E-state index in [2.05, 4.69) is 55.7 Å². The van der Waals surface area contributed by atoms with Crippen LogP contribution in [0.3, 0.4) is 0 Å². The van der Waals surface area contributed by atoms with Crippen molar-refractivity contribution in [3.63, 3.8) is 0 Å². The number of hydrogen-bond acceptors (Lipinski definition) is 4. The summed E-state index contributed by atoms with van der Waals surface area (Å²) in [7, 11) is -1.84. The summed E-state index contributed by atoms with van der Waals surface area (Å²) in [6.45, 7) is 19.4. The van der Waals surface area contributed by atoms with Gasteiger partial charge in [-0.05, 0) is 63.5 Å². The lowest BCUT2D eigenvalue weighted by molar-refractivity contribution is 0.0636. The number of rotatable bonds is 6. The minimum absolute atomic E-state index is 0.0982. The van der Waals surface area contributed by atoms with E-state index in [0.717, 1.165) is 11.4 Å². The SMILES string of the molecule is CC(c1ccc(NC(=O)OC(C)(C)C)cc1)n1ccnc1CO[Si](C)(C)C(C)(C)C. The monoisotopic (exact) mass is 431 g/mol. The maximum Gasteiger partial charge on any atom is 0.412 e. The van der Waals surface area contributed by atoms with Crippen molar-refractivity contribution < 1.29 is 14.0 Å². The normalized spacial score (nSPS) is 13.8. The standard InChI is InChI=1S/C23H37N3O3Si/c1-17(18-10-12-19(13-11-18)25-21(27)29-22(2,3)4)26-15-14-24-20(26)16-28-30(8,9)23(5,6)7/h10-15,17H,16H2,1-9H3,(H,25,27). The van der Waals surface area contributed by atoms with Gasteiger partial charge in [-0.2, -0.15) is 0 Å². The van der Waals surface area contributed by atoms with Crippen molar-refractivity contribution >= 4 is 20.1 Å². The lowest BCUT2D eigenvalue weighted by atomic mass is 10.1. The zero-order chi connectivity index (χ0) is 22.7. The largest absolute Gasteiger partial charge is 0.444 e. The van der Waals surface area contributed by atoms with Crippen LogP contribution in [0.1, 0.15) is 65.9 Å². The fourth-order valence-corrected chi connectivity index (χ4v) is 3.62. The van der Waals surface area contributed by atoms with Gasteiger partial charge in [0, 0.05) is 18.1 Å². The Balaban J connectivity index is 2.07. The lowest BCUT2D eigenvalue weighted by Crippen LogP contribution is -2.40. The minimum atomic E-state index is -1.84. The van der Waals surface area contributed by atoms with Crippen LogP contribution < -0.4 is 5.32 Å². The van der Waals surface area contributed by atoms with Crippen molar-refractivity contribution in [3.8, 4) is 0 Å². The maximum absolute atomic E-state index is 11.9. The van der Waals surface area contributed by atoms with Crippen LogP contribution in [-0.4, -0.2) is 29.6 Å². The molecule has 1 aromatic heterocycles. The maximum atomic E-state index is 11.9. The van der Waals surface area contributed by atoms with E-state index >= 15 is 0 Å². The molecule has 1 heterocycles. The third kappa shape index (κ3) is 6.44. The highest BCUT2D eigenvalue weighted by Crippen LogP contribution is 2.37. The van der Waals surface area contributed by atoms with Crippen molar-refractivity contribution in [2.75, 3.05) is 5.32 Å². The number of imidazole rings is 1. The van der Waals surface area contributed by atoms with E-state index < -0.39 is 20.0 Å². The molecule has 0 saturated heterocycles. The first-order valence-corrected chi connectivity index (χ1v) is 13.4. The first-order valence-electron chi connectivity index (χ1n) is 10.5. The van der Waals surface area contributed by atoms with Crippen LogP contribution >= 0.6 is 0 Å². The molecule has 0 aliphatic rings. The van der Waals surface area contributed by atoms with Gasteiger partial charge in [-0.1, -0.05) is 32.9 Å². The van der Waals surface area contributed by atoms with Gasteiger partial charge < -0.3 is 13.7 Å². The number of benzene rings is 1. The van der Waals surface area contributed by atoms with Gasteiger partial charge in [-0.25, -0.2) is 9.78 Å². The van der Waals surface area contributed by atoms with Crippen LogP contribution in [0.15, 0.2) is 36.7 Å². The molecule has 0 bridgehead atoms. The summed E-state index contributed by atoms with van der Waals surface area (Å²) >= 11 is 0. The number of anilines is 1. The molecule has 0 saturated carbocycles. The average molecular weight is 432 g/mol. The molecule has 0 radical (unpaired) electrons. The van der Waals surface area contributed by atoms with E-state index in [1.807, 2.05) is 57.4 Å². The zero-order valence-corrected chi connectivity index (χ0v) is 20.9. The summed E-state index contributed by atoms with van der Waals surface area (Å²) in [5.74, 6) is 0.920. The van der Waals surface area contributed by atoms with E-state index in [1.54, 1.807) is 0 Å². The zero-order valence-electron chi connectivity index (χ0n) is 19.9. The van der Waals surface area contributed by atoms with Crippen molar-refractivity contribution in [1.29, 1.82) is 0 Å². The van der Waals surface area contributed by atoms with E-state index in [0.29, 0.717) is 12.3 Å². The van der Waals surface area contributed by atoms with E-state index in [9.17, 15) is 4.79 Å². The quantitative estimate of drug-likeness (QED) is 0.540. The fourth-order valence-electron chi connectivity index (χ4n) is 2.70. The molecule has 1 atom stereocenters. The average Bonchev–Trinajstić information content (AvgIpc) is 3.06. The Morgan fingerprint density at radius 3 is 2.27 bits per heavy atom. The van der Waals surface area contributed by atoms with Crippen LogP contribution in [0, 0.1) is 0 Å². The van der Waals surface area contributed by atoms with Crippen LogP contribution in [0.25, 0.3) is 0 Å². The van der Waals surface area contributed by atoms with Gasteiger partial charge in [0.1, 0.15) is 11.4 Å². The molecule has 0 spiro atoms. The number of amides is 1. The van der Waals surface area contributed by atoms with E-state index in [1.165, 1.54) is 0 Å². The van der Waals surface area contributed by atoms with Gasteiger partial charge in [0.25, 0.3) is 0 Å². The summed E-state index contributed by atoms with van der Waals surface area (Å²) in [6, 6.07) is 7.89. The van der Waals surface area contributed by atoms with Gasteiger partial charge in [0.15, 0.2) is 8.32 Å². The van der Waals surface area contributed by atoms with Crippen LogP contribution in [0.2, 0.25) is 18.1 Å². The Morgan fingerprint density at radius 2 is 1.73 bits per heavy atom. The molecule has 6 nitrogen and oxygen atoms in total. The predicted molar refractivity (Wildman–Crippen MR) is 124 cm³/mol. The Labute approximate surface area is 182 Å². The number of aromatic nitrogens is 2. The van der Waals surface area contributed by atoms with Gasteiger partial charge in [0.2, 0.25) is 0 Å². The highest BCUT2D eigenvalue weighted by Gasteiger charge is 2.37. The Morgan fingerprint density at radius 1 is 1.13 bits per heavy atom. The summed E-state index contributed by atoms with van der Waals surface area (Å²) < 4.78 is 13.8. The molecule has 166 valence electrons. The highest BCUT2D eigenvalue weighted by molar-refractivity contribution is 6.74. The molecular formula is C23H37N3O3Si. The molecule has 0 fully saturated rings. The molecule has 1 N–H and O–H groups in total. The summed E-state index contributed by atoms with van der Waals surface area (Å²) in [4.78, 5) is 16.5. The first kappa shape index (κ1) is 24.1. The molecule has 7 heteroatoms. The highest BCUT2D eigenvalue weighted by atomic mass is 28.4. The van der Waals surface area contributed by atoms with Crippen LogP contribution in [-0.2, 0) is 15.8 Å². The van der Waals surface area contributed by atoms with Crippen molar-refractivity contribution in [2.45, 2.75) is 84.8 Å². The second-order valence-electron chi connectivity index (χ2n) is 10.2. The number of hydrogen-bond donors (Lipinski definition) is 1.